The van der Waals surface area contributed by atoms with Gasteiger partial charge in [-0.1, -0.05) is 31.4 Å². The Hall–Kier alpha value is -1.51. The van der Waals surface area contributed by atoms with Crippen LogP contribution >= 0.6 is 0 Å². The molecule has 1 aromatic carbocycles. The first kappa shape index (κ1) is 12.9. The molecule has 0 aromatic heterocycles. The minimum atomic E-state index is 0.661. The third-order valence-electron chi connectivity index (χ3n) is 3.79. The van der Waals surface area contributed by atoms with E-state index in [1.165, 1.54) is 32.1 Å². The lowest BCUT2D eigenvalue weighted by Gasteiger charge is -2.28. The molecule has 0 saturated heterocycles. The van der Waals surface area contributed by atoms with Crippen molar-refractivity contribution in [3.8, 4) is 0 Å². The van der Waals surface area contributed by atoms with E-state index in [1.54, 1.807) is 0 Å². The third-order valence-corrected chi connectivity index (χ3v) is 3.79. The van der Waals surface area contributed by atoms with Crippen molar-refractivity contribution in [2.24, 2.45) is 5.92 Å². The molecule has 1 aromatic rings. The van der Waals surface area contributed by atoms with Gasteiger partial charge in [0.15, 0.2) is 0 Å². The van der Waals surface area contributed by atoms with Gasteiger partial charge in [0.1, 0.15) is 0 Å². The number of para-hydroxylation sites is 2. The predicted molar refractivity (Wildman–Crippen MR) is 76.0 cm³/mol. The SMILES string of the molecule is CNc1ccccc1N(C=O)CC1CCCCC1. The zero-order valence-corrected chi connectivity index (χ0v) is 11.1. The Kier molecular flexibility index (Phi) is 4.62. The molecule has 0 atom stereocenters. The molecule has 1 saturated carbocycles. The third kappa shape index (κ3) is 3.03. The predicted octanol–water partition coefficient (Wildman–Crippen LogP) is 3.27. The number of hydrogen-bond donors (Lipinski definition) is 1. The number of rotatable bonds is 5. The van der Waals surface area contributed by atoms with Crippen LogP contribution in [0.15, 0.2) is 24.3 Å². The molecule has 0 unspecified atom stereocenters. The fraction of sp³-hybridized carbons (Fsp3) is 0.533. The van der Waals surface area contributed by atoms with Crippen LogP contribution in [-0.4, -0.2) is 20.0 Å². The summed E-state index contributed by atoms with van der Waals surface area (Å²) in [4.78, 5) is 13.2. The normalized spacial score (nSPS) is 16.3. The first-order chi connectivity index (χ1) is 8.85. The molecule has 98 valence electrons. The summed E-state index contributed by atoms with van der Waals surface area (Å²) in [7, 11) is 1.89. The van der Waals surface area contributed by atoms with Crippen LogP contribution < -0.4 is 10.2 Å². The quantitative estimate of drug-likeness (QED) is 0.809. The Morgan fingerprint density at radius 1 is 1.28 bits per heavy atom. The highest BCUT2D eigenvalue weighted by Crippen LogP contribution is 2.29. The molecule has 1 N–H and O–H groups in total. The molecule has 0 aliphatic heterocycles. The van der Waals surface area contributed by atoms with E-state index >= 15 is 0 Å². The van der Waals surface area contributed by atoms with Gasteiger partial charge in [0.25, 0.3) is 0 Å². The molecule has 0 bridgehead atoms. The summed E-state index contributed by atoms with van der Waals surface area (Å²) >= 11 is 0. The molecule has 0 heterocycles. The Balaban J connectivity index is 2.09. The zero-order valence-electron chi connectivity index (χ0n) is 11.1. The van der Waals surface area contributed by atoms with E-state index in [9.17, 15) is 4.79 Å². The van der Waals surface area contributed by atoms with E-state index < -0.39 is 0 Å². The first-order valence-electron chi connectivity index (χ1n) is 6.84. The number of nitrogens with one attached hydrogen (secondary N) is 1. The number of nitrogens with zero attached hydrogens (tertiary/aromatic N) is 1. The number of hydrogen-bond acceptors (Lipinski definition) is 2. The van der Waals surface area contributed by atoms with Gasteiger partial charge >= 0.3 is 0 Å². The second-order valence-electron chi connectivity index (χ2n) is 5.03. The van der Waals surface area contributed by atoms with Crippen molar-refractivity contribution < 1.29 is 4.79 Å². The molecule has 3 nitrogen and oxygen atoms in total. The molecule has 2 rings (SSSR count). The van der Waals surface area contributed by atoms with E-state index in [0.29, 0.717) is 5.92 Å². The van der Waals surface area contributed by atoms with Crippen LogP contribution in [0.2, 0.25) is 0 Å². The van der Waals surface area contributed by atoms with Crippen molar-refractivity contribution >= 4 is 17.8 Å². The second kappa shape index (κ2) is 6.43. The van der Waals surface area contributed by atoms with Crippen LogP contribution in [0.4, 0.5) is 11.4 Å². The lowest BCUT2D eigenvalue weighted by Crippen LogP contribution is -2.29. The standard InChI is InChI=1S/C15H22N2O/c1-16-14-9-5-6-10-15(14)17(12-18)11-13-7-3-2-4-8-13/h5-6,9-10,12-13,16H,2-4,7-8,11H2,1H3. The summed E-state index contributed by atoms with van der Waals surface area (Å²) in [6.45, 7) is 0.849. The van der Waals surface area contributed by atoms with Gasteiger partial charge in [0, 0.05) is 13.6 Å². The lowest BCUT2D eigenvalue weighted by molar-refractivity contribution is -0.107. The molecule has 3 heteroatoms. The number of anilines is 2. The maximum absolute atomic E-state index is 11.3. The van der Waals surface area contributed by atoms with Crippen LogP contribution in [0, 0.1) is 5.92 Å². The molecular formula is C15H22N2O. The van der Waals surface area contributed by atoms with Crippen molar-refractivity contribution in [3.63, 3.8) is 0 Å². The number of amides is 1. The van der Waals surface area contributed by atoms with Gasteiger partial charge in [-0.15, -0.1) is 0 Å². The molecule has 0 radical (unpaired) electrons. The maximum atomic E-state index is 11.3. The molecular weight excluding hydrogens is 224 g/mol. The molecule has 18 heavy (non-hydrogen) atoms. The average Bonchev–Trinajstić information content (AvgIpc) is 2.46. The molecule has 1 fully saturated rings. The van der Waals surface area contributed by atoms with Gasteiger partial charge in [-0.3, -0.25) is 4.79 Å². The lowest BCUT2D eigenvalue weighted by atomic mass is 9.89. The summed E-state index contributed by atoms with van der Waals surface area (Å²) in [6, 6.07) is 7.97. The van der Waals surface area contributed by atoms with Gasteiger partial charge in [-0.2, -0.15) is 0 Å². The number of carbonyl (C=O) groups excluding carboxylic acids is 1. The van der Waals surface area contributed by atoms with Gasteiger partial charge in [-0.05, 0) is 30.9 Å². The Labute approximate surface area is 109 Å². The minimum absolute atomic E-state index is 0.661. The van der Waals surface area contributed by atoms with Crippen molar-refractivity contribution in [2.45, 2.75) is 32.1 Å². The van der Waals surface area contributed by atoms with E-state index in [2.05, 4.69) is 5.32 Å². The molecule has 1 aliphatic rings. The highest BCUT2D eigenvalue weighted by Gasteiger charge is 2.18. The van der Waals surface area contributed by atoms with Gasteiger partial charge in [0.05, 0.1) is 11.4 Å². The van der Waals surface area contributed by atoms with Gasteiger partial charge in [-0.25, -0.2) is 0 Å². The average molecular weight is 246 g/mol. The molecule has 0 spiro atoms. The fourth-order valence-corrected chi connectivity index (χ4v) is 2.78. The summed E-state index contributed by atoms with van der Waals surface area (Å²) in [5, 5.41) is 3.15. The van der Waals surface area contributed by atoms with Crippen molar-refractivity contribution in [2.75, 3.05) is 23.8 Å². The number of carbonyl (C=O) groups is 1. The van der Waals surface area contributed by atoms with Crippen molar-refractivity contribution in [1.82, 2.24) is 0 Å². The summed E-state index contributed by atoms with van der Waals surface area (Å²) in [5.74, 6) is 0.661. The summed E-state index contributed by atoms with van der Waals surface area (Å²) in [6.07, 6.45) is 7.45. The molecule has 1 amide bonds. The first-order valence-corrected chi connectivity index (χ1v) is 6.84. The van der Waals surface area contributed by atoms with E-state index in [1.807, 2.05) is 36.2 Å². The van der Waals surface area contributed by atoms with Crippen molar-refractivity contribution in [1.29, 1.82) is 0 Å². The van der Waals surface area contributed by atoms with Crippen LogP contribution in [-0.2, 0) is 4.79 Å². The largest absolute Gasteiger partial charge is 0.386 e. The van der Waals surface area contributed by atoms with Gasteiger partial charge < -0.3 is 10.2 Å². The second-order valence-corrected chi connectivity index (χ2v) is 5.03. The Morgan fingerprint density at radius 2 is 2.00 bits per heavy atom. The van der Waals surface area contributed by atoms with E-state index in [4.69, 9.17) is 0 Å². The zero-order chi connectivity index (χ0) is 12.8. The van der Waals surface area contributed by atoms with Crippen LogP contribution in [0.25, 0.3) is 0 Å². The van der Waals surface area contributed by atoms with E-state index in [-0.39, 0.29) is 0 Å². The molecule has 1 aliphatic carbocycles. The highest BCUT2D eigenvalue weighted by molar-refractivity contribution is 5.83. The summed E-state index contributed by atoms with van der Waals surface area (Å²) in [5.41, 5.74) is 2.00. The smallest absolute Gasteiger partial charge is 0.214 e. The highest BCUT2D eigenvalue weighted by atomic mass is 16.1. The van der Waals surface area contributed by atoms with Crippen LogP contribution in [0.5, 0.6) is 0 Å². The maximum Gasteiger partial charge on any atom is 0.214 e. The van der Waals surface area contributed by atoms with E-state index in [0.717, 1.165) is 24.3 Å². The van der Waals surface area contributed by atoms with Crippen molar-refractivity contribution in [3.05, 3.63) is 24.3 Å². The number of benzene rings is 1. The minimum Gasteiger partial charge on any atom is -0.386 e. The Morgan fingerprint density at radius 3 is 2.67 bits per heavy atom. The van der Waals surface area contributed by atoms with Crippen LogP contribution in [0.1, 0.15) is 32.1 Å². The van der Waals surface area contributed by atoms with Crippen LogP contribution in [0.3, 0.4) is 0 Å². The summed E-state index contributed by atoms with van der Waals surface area (Å²) < 4.78 is 0. The van der Waals surface area contributed by atoms with Gasteiger partial charge in [0.2, 0.25) is 6.41 Å². The fourth-order valence-electron chi connectivity index (χ4n) is 2.78. The Bertz CT molecular complexity index is 386. The topological polar surface area (TPSA) is 32.3 Å². The monoisotopic (exact) mass is 246 g/mol.